The van der Waals surface area contributed by atoms with Crippen LogP contribution in [0.15, 0.2) is 30.5 Å². The smallest absolute Gasteiger partial charge is 0.278 e. The van der Waals surface area contributed by atoms with Crippen molar-refractivity contribution >= 4 is 16.6 Å². The lowest BCUT2D eigenvalue weighted by Crippen LogP contribution is -1.99. The van der Waals surface area contributed by atoms with Gasteiger partial charge >= 0.3 is 0 Å². The molecular formula is C10H10N2O3. The van der Waals surface area contributed by atoms with E-state index in [1.807, 2.05) is 0 Å². The zero-order chi connectivity index (χ0) is 10.8. The van der Waals surface area contributed by atoms with Gasteiger partial charge in [-0.15, -0.1) is 0 Å². The molecule has 0 atom stereocenters. The molecule has 1 heterocycles. The third-order valence-corrected chi connectivity index (χ3v) is 2.33. The third kappa shape index (κ3) is 1.57. The molecule has 0 aliphatic rings. The van der Waals surface area contributed by atoms with Crippen molar-refractivity contribution in [1.29, 1.82) is 0 Å². The minimum absolute atomic E-state index is 0.0203. The Bertz CT molecular complexity index is 504. The van der Waals surface area contributed by atoms with Gasteiger partial charge in [-0.05, 0) is 12.1 Å². The third-order valence-electron chi connectivity index (χ3n) is 2.33. The average molecular weight is 206 g/mol. The van der Waals surface area contributed by atoms with Crippen molar-refractivity contribution in [3.05, 3.63) is 40.6 Å². The van der Waals surface area contributed by atoms with Crippen LogP contribution < -0.4 is 0 Å². The topological polar surface area (TPSA) is 68.3 Å². The lowest BCUT2D eigenvalue weighted by molar-refractivity contribution is -0.383. The first-order valence-corrected chi connectivity index (χ1v) is 4.57. The monoisotopic (exact) mass is 206 g/mol. The Balaban J connectivity index is 2.63. The van der Waals surface area contributed by atoms with E-state index in [4.69, 9.17) is 5.11 Å². The number of nitrogens with zero attached hydrogens (tertiary/aromatic N) is 2. The Morgan fingerprint density at radius 3 is 2.87 bits per heavy atom. The molecule has 2 aromatic rings. The summed E-state index contributed by atoms with van der Waals surface area (Å²) in [5.74, 6) is 0. The maximum Gasteiger partial charge on any atom is 0.278 e. The van der Waals surface area contributed by atoms with E-state index in [0.717, 1.165) is 5.52 Å². The molecular weight excluding hydrogens is 196 g/mol. The van der Waals surface area contributed by atoms with Gasteiger partial charge in [0.15, 0.2) is 0 Å². The summed E-state index contributed by atoms with van der Waals surface area (Å²) in [6, 6.07) is 6.63. The first kappa shape index (κ1) is 9.67. The Morgan fingerprint density at radius 1 is 1.40 bits per heavy atom. The van der Waals surface area contributed by atoms with E-state index in [2.05, 4.69) is 0 Å². The predicted octanol–water partition coefficient (Wildman–Crippen LogP) is 1.54. The highest BCUT2D eigenvalue weighted by atomic mass is 16.6. The van der Waals surface area contributed by atoms with E-state index >= 15 is 0 Å². The maximum atomic E-state index is 10.7. The van der Waals surface area contributed by atoms with Gasteiger partial charge in [-0.3, -0.25) is 10.1 Å². The van der Waals surface area contributed by atoms with Crippen molar-refractivity contribution in [1.82, 2.24) is 4.57 Å². The number of hydrogen-bond donors (Lipinski definition) is 1. The molecule has 0 spiro atoms. The summed E-state index contributed by atoms with van der Waals surface area (Å²) in [7, 11) is 0. The van der Waals surface area contributed by atoms with Crippen molar-refractivity contribution in [2.75, 3.05) is 6.61 Å². The largest absolute Gasteiger partial charge is 0.395 e. The van der Waals surface area contributed by atoms with Gasteiger partial charge < -0.3 is 9.67 Å². The van der Waals surface area contributed by atoms with Gasteiger partial charge in [0, 0.05) is 18.8 Å². The molecule has 0 aliphatic heterocycles. The minimum atomic E-state index is -0.397. The van der Waals surface area contributed by atoms with Crippen molar-refractivity contribution < 1.29 is 10.0 Å². The lowest BCUT2D eigenvalue weighted by atomic mass is 10.2. The van der Waals surface area contributed by atoms with Crippen LogP contribution in [0.2, 0.25) is 0 Å². The molecule has 1 N–H and O–H groups in total. The molecule has 15 heavy (non-hydrogen) atoms. The quantitative estimate of drug-likeness (QED) is 0.611. The fourth-order valence-electron chi connectivity index (χ4n) is 1.67. The molecule has 2 rings (SSSR count). The van der Waals surface area contributed by atoms with E-state index in [0.29, 0.717) is 11.9 Å². The fourth-order valence-corrected chi connectivity index (χ4v) is 1.67. The predicted molar refractivity (Wildman–Crippen MR) is 55.7 cm³/mol. The van der Waals surface area contributed by atoms with Gasteiger partial charge in [-0.2, -0.15) is 0 Å². The zero-order valence-corrected chi connectivity index (χ0v) is 7.96. The fraction of sp³-hybridized carbons (Fsp3) is 0.200. The number of aromatic nitrogens is 1. The number of nitro benzene ring substituents is 1. The summed E-state index contributed by atoms with van der Waals surface area (Å²) in [6.45, 7) is 0.469. The molecule has 0 amide bonds. The summed E-state index contributed by atoms with van der Waals surface area (Å²) in [5.41, 5.74) is 0.877. The Hall–Kier alpha value is -1.88. The van der Waals surface area contributed by atoms with Crippen LogP contribution in [0.1, 0.15) is 0 Å². The van der Waals surface area contributed by atoms with Crippen molar-refractivity contribution in [2.24, 2.45) is 0 Å². The molecule has 5 heteroatoms. The number of hydrogen-bond acceptors (Lipinski definition) is 3. The SMILES string of the molecule is O=[N+]([O-])c1cccc2c1ccn2CCO. The molecule has 0 aliphatic carbocycles. The highest BCUT2D eigenvalue weighted by Crippen LogP contribution is 2.25. The van der Waals surface area contributed by atoms with Crippen molar-refractivity contribution in [2.45, 2.75) is 6.54 Å². The van der Waals surface area contributed by atoms with E-state index in [1.165, 1.54) is 6.07 Å². The molecule has 1 aromatic carbocycles. The van der Waals surface area contributed by atoms with Crippen molar-refractivity contribution in [3.63, 3.8) is 0 Å². The molecule has 5 nitrogen and oxygen atoms in total. The Morgan fingerprint density at radius 2 is 2.20 bits per heavy atom. The lowest BCUT2D eigenvalue weighted by Gasteiger charge is -2.01. The van der Waals surface area contributed by atoms with Gasteiger partial charge in [0.2, 0.25) is 0 Å². The van der Waals surface area contributed by atoms with Gasteiger partial charge in [0.05, 0.1) is 22.4 Å². The number of aliphatic hydroxyl groups is 1. The van der Waals surface area contributed by atoms with Gasteiger partial charge in [-0.1, -0.05) is 6.07 Å². The molecule has 0 unspecified atom stereocenters. The summed E-state index contributed by atoms with van der Waals surface area (Å²) in [4.78, 5) is 10.3. The second-order valence-corrected chi connectivity index (χ2v) is 3.20. The van der Waals surface area contributed by atoms with E-state index in [1.54, 1.807) is 29.0 Å². The summed E-state index contributed by atoms with van der Waals surface area (Å²) < 4.78 is 1.79. The number of nitro groups is 1. The average Bonchev–Trinajstić information content (AvgIpc) is 2.62. The van der Waals surface area contributed by atoms with Gasteiger partial charge in [-0.25, -0.2) is 0 Å². The van der Waals surface area contributed by atoms with Crippen LogP contribution in [0.4, 0.5) is 5.69 Å². The molecule has 0 saturated heterocycles. The Labute approximate surface area is 85.7 Å². The maximum absolute atomic E-state index is 10.7. The summed E-state index contributed by atoms with van der Waals surface area (Å²) >= 11 is 0. The van der Waals surface area contributed by atoms with Crippen molar-refractivity contribution in [3.8, 4) is 0 Å². The second kappa shape index (κ2) is 3.70. The van der Waals surface area contributed by atoms with E-state index in [9.17, 15) is 10.1 Å². The van der Waals surface area contributed by atoms with Crippen LogP contribution >= 0.6 is 0 Å². The highest BCUT2D eigenvalue weighted by molar-refractivity contribution is 5.89. The Kier molecular flexibility index (Phi) is 2.39. The number of non-ortho nitro benzene ring substituents is 1. The van der Waals surface area contributed by atoms with Crippen LogP contribution in [0, 0.1) is 10.1 Å². The van der Waals surface area contributed by atoms with E-state index < -0.39 is 4.92 Å². The zero-order valence-electron chi connectivity index (χ0n) is 7.96. The summed E-state index contributed by atoms with van der Waals surface area (Å²) in [5, 5.41) is 20.2. The first-order chi connectivity index (χ1) is 7.24. The van der Waals surface area contributed by atoms with Crippen LogP contribution in [-0.2, 0) is 6.54 Å². The second-order valence-electron chi connectivity index (χ2n) is 3.20. The number of rotatable bonds is 3. The standard InChI is InChI=1S/C10H10N2O3/c13-7-6-11-5-4-8-9(11)2-1-3-10(8)12(14)15/h1-5,13H,6-7H2. The number of aliphatic hydroxyl groups excluding tert-OH is 1. The minimum Gasteiger partial charge on any atom is -0.395 e. The molecule has 0 bridgehead atoms. The van der Waals surface area contributed by atoms with E-state index in [-0.39, 0.29) is 12.3 Å². The van der Waals surface area contributed by atoms with Crippen LogP contribution in [0.25, 0.3) is 10.9 Å². The molecule has 1 aromatic heterocycles. The van der Waals surface area contributed by atoms with Crippen LogP contribution in [0.5, 0.6) is 0 Å². The number of fused-ring (bicyclic) bond motifs is 1. The molecule has 78 valence electrons. The van der Waals surface area contributed by atoms with Crippen LogP contribution in [-0.4, -0.2) is 21.2 Å². The number of benzene rings is 1. The normalized spacial score (nSPS) is 10.7. The molecule has 0 fully saturated rings. The van der Waals surface area contributed by atoms with Gasteiger partial charge in [0.1, 0.15) is 0 Å². The molecule has 0 radical (unpaired) electrons. The summed E-state index contributed by atoms with van der Waals surface area (Å²) in [6.07, 6.45) is 1.74. The van der Waals surface area contributed by atoms with Crippen LogP contribution in [0.3, 0.4) is 0 Å². The first-order valence-electron chi connectivity index (χ1n) is 4.57. The highest BCUT2D eigenvalue weighted by Gasteiger charge is 2.12. The molecule has 0 saturated carbocycles. The van der Waals surface area contributed by atoms with Gasteiger partial charge in [0.25, 0.3) is 5.69 Å².